The summed E-state index contributed by atoms with van der Waals surface area (Å²) in [4.78, 5) is 23.9. The van der Waals surface area contributed by atoms with Crippen molar-refractivity contribution in [3.8, 4) is 6.07 Å². The molecule has 0 aliphatic heterocycles. The van der Waals surface area contributed by atoms with Crippen LogP contribution in [0.2, 0.25) is 0 Å². The van der Waals surface area contributed by atoms with Gasteiger partial charge < -0.3 is 20.1 Å². The molecule has 0 fully saturated rings. The molecule has 0 spiro atoms. The maximum Gasteiger partial charge on any atom is 0.340 e. The standard InChI is InChI=1S/C18H23N3O4/c1-3-24-11-7-10-20-17(22)14(12-19)13-21-16-9-6-5-8-15(16)18(23)25-4-2/h5-6,8-9,13,21H,3-4,7,10-11H2,1-2H3,(H,20,22)/b14-13-. The summed E-state index contributed by atoms with van der Waals surface area (Å²) < 4.78 is 10.2. The molecule has 1 aromatic carbocycles. The van der Waals surface area contributed by atoms with E-state index in [4.69, 9.17) is 14.7 Å². The monoisotopic (exact) mass is 345 g/mol. The number of carbonyl (C=O) groups is 2. The van der Waals surface area contributed by atoms with E-state index in [0.29, 0.717) is 37.4 Å². The number of para-hydroxylation sites is 1. The van der Waals surface area contributed by atoms with E-state index in [1.807, 2.05) is 13.0 Å². The number of ether oxygens (including phenoxy) is 2. The fourth-order valence-corrected chi connectivity index (χ4v) is 1.91. The number of benzene rings is 1. The summed E-state index contributed by atoms with van der Waals surface area (Å²) in [6, 6.07) is 8.55. The van der Waals surface area contributed by atoms with Crippen molar-refractivity contribution in [1.82, 2.24) is 5.32 Å². The van der Waals surface area contributed by atoms with Crippen molar-refractivity contribution >= 4 is 17.6 Å². The largest absolute Gasteiger partial charge is 0.462 e. The molecule has 1 aromatic rings. The molecular formula is C18H23N3O4. The number of nitriles is 1. The second-order valence-electron chi connectivity index (χ2n) is 4.89. The lowest BCUT2D eigenvalue weighted by molar-refractivity contribution is -0.117. The van der Waals surface area contributed by atoms with Crippen LogP contribution in [-0.2, 0) is 14.3 Å². The molecule has 0 atom stereocenters. The van der Waals surface area contributed by atoms with Crippen LogP contribution in [0.5, 0.6) is 0 Å². The highest BCUT2D eigenvalue weighted by molar-refractivity contribution is 5.98. The van der Waals surface area contributed by atoms with Gasteiger partial charge in [0.2, 0.25) is 0 Å². The van der Waals surface area contributed by atoms with Crippen molar-refractivity contribution in [2.45, 2.75) is 20.3 Å². The van der Waals surface area contributed by atoms with Gasteiger partial charge in [-0.15, -0.1) is 0 Å². The summed E-state index contributed by atoms with van der Waals surface area (Å²) in [5.74, 6) is -0.960. The van der Waals surface area contributed by atoms with Crippen LogP contribution >= 0.6 is 0 Å². The first-order valence-corrected chi connectivity index (χ1v) is 8.12. The van der Waals surface area contributed by atoms with Gasteiger partial charge in [-0.3, -0.25) is 4.79 Å². The first-order valence-electron chi connectivity index (χ1n) is 8.12. The van der Waals surface area contributed by atoms with E-state index in [9.17, 15) is 9.59 Å². The maximum absolute atomic E-state index is 12.0. The Kier molecular flexibility index (Phi) is 9.41. The number of hydrogen-bond donors (Lipinski definition) is 2. The molecule has 0 aromatic heterocycles. The van der Waals surface area contributed by atoms with Gasteiger partial charge in [0.05, 0.1) is 17.9 Å². The third kappa shape index (κ3) is 7.06. The lowest BCUT2D eigenvalue weighted by atomic mass is 10.2. The summed E-state index contributed by atoms with van der Waals surface area (Å²) in [5, 5.41) is 14.6. The summed E-state index contributed by atoms with van der Waals surface area (Å²) in [7, 11) is 0. The normalized spacial score (nSPS) is 10.7. The Labute approximate surface area is 147 Å². The van der Waals surface area contributed by atoms with Crippen LogP contribution in [0.1, 0.15) is 30.6 Å². The molecule has 0 radical (unpaired) electrons. The quantitative estimate of drug-likeness (QED) is 0.292. The molecule has 0 aliphatic carbocycles. The van der Waals surface area contributed by atoms with Crippen molar-refractivity contribution in [2.24, 2.45) is 0 Å². The molecule has 1 amide bonds. The Hall–Kier alpha value is -2.85. The van der Waals surface area contributed by atoms with E-state index < -0.39 is 11.9 Å². The molecule has 0 aliphatic rings. The van der Waals surface area contributed by atoms with E-state index in [1.54, 1.807) is 31.2 Å². The minimum atomic E-state index is -0.486. The van der Waals surface area contributed by atoms with E-state index in [1.165, 1.54) is 6.20 Å². The van der Waals surface area contributed by atoms with E-state index in [2.05, 4.69) is 10.6 Å². The number of esters is 1. The van der Waals surface area contributed by atoms with Gasteiger partial charge in [0, 0.05) is 26.0 Å². The van der Waals surface area contributed by atoms with Crippen LogP contribution in [0.4, 0.5) is 5.69 Å². The highest BCUT2D eigenvalue weighted by Crippen LogP contribution is 2.16. The Morgan fingerprint density at radius 1 is 1.24 bits per heavy atom. The summed E-state index contributed by atoms with van der Waals surface area (Å²) in [6.45, 7) is 5.47. The Morgan fingerprint density at radius 2 is 2.00 bits per heavy atom. The summed E-state index contributed by atoms with van der Waals surface area (Å²) in [6.07, 6.45) is 1.94. The first-order chi connectivity index (χ1) is 12.1. The van der Waals surface area contributed by atoms with Crippen molar-refractivity contribution in [2.75, 3.05) is 31.7 Å². The second-order valence-corrected chi connectivity index (χ2v) is 4.89. The van der Waals surface area contributed by atoms with Gasteiger partial charge in [-0.2, -0.15) is 5.26 Å². The van der Waals surface area contributed by atoms with Gasteiger partial charge in [0.1, 0.15) is 11.6 Å². The Morgan fingerprint density at radius 3 is 2.68 bits per heavy atom. The topological polar surface area (TPSA) is 100 Å². The van der Waals surface area contributed by atoms with Crippen molar-refractivity contribution in [1.29, 1.82) is 5.26 Å². The fourth-order valence-electron chi connectivity index (χ4n) is 1.91. The third-order valence-electron chi connectivity index (χ3n) is 3.11. The average molecular weight is 345 g/mol. The molecule has 7 heteroatoms. The smallest absolute Gasteiger partial charge is 0.340 e. The van der Waals surface area contributed by atoms with Crippen LogP contribution < -0.4 is 10.6 Å². The van der Waals surface area contributed by atoms with Crippen LogP contribution in [0.15, 0.2) is 36.0 Å². The first kappa shape index (κ1) is 20.2. The van der Waals surface area contributed by atoms with Crippen molar-refractivity contribution < 1.29 is 19.1 Å². The molecule has 0 bridgehead atoms. The van der Waals surface area contributed by atoms with Gasteiger partial charge >= 0.3 is 5.97 Å². The zero-order valence-corrected chi connectivity index (χ0v) is 14.5. The van der Waals surface area contributed by atoms with Crippen molar-refractivity contribution in [3.63, 3.8) is 0 Å². The second kappa shape index (κ2) is 11.6. The molecule has 0 heterocycles. The number of rotatable bonds is 10. The highest BCUT2D eigenvalue weighted by atomic mass is 16.5. The van der Waals surface area contributed by atoms with Crippen LogP contribution in [0.25, 0.3) is 0 Å². The molecule has 1 rings (SSSR count). The lowest BCUT2D eigenvalue weighted by Crippen LogP contribution is -2.26. The van der Waals surface area contributed by atoms with Crippen LogP contribution in [0.3, 0.4) is 0 Å². The van der Waals surface area contributed by atoms with Gasteiger partial charge in [0.15, 0.2) is 0 Å². The number of hydrogen-bond acceptors (Lipinski definition) is 6. The molecular weight excluding hydrogens is 322 g/mol. The lowest BCUT2D eigenvalue weighted by Gasteiger charge is -2.09. The molecule has 0 unspecified atom stereocenters. The molecule has 25 heavy (non-hydrogen) atoms. The predicted molar refractivity (Wildman–Crippen MR) is 93.8 cm³/mol. The molecule has 7 nitrogen and oxygen atoms in total. The van der Waals surface area contributed by atoms with E-state index in [-0.39, 0.29) is 12.2 Å². The highest BCUT2D eigenvalue weighted by Gasteiger charge is 2.12. The number of anilines is 1. The minimum absolute atomic E-state index is 0.0879. The SMILES string of the molecule is CCOCCCNC(=O)/C(C#N)=C\Nc1ccccc1C(=O)OCC. The van der Waals surface area contributed by atoms with Gasteiger partial charge in [-0.25, -0.2) is 4.79 Å². The third-order valence-corrected chi connectivity index (χ3v) is 3.11. The fraction of sp³-hybridized carbons (Fsp3) is 0.389. The minimum Gasteiger partial charge on any atom is -0.462 e. The van der Waals surface area contributed by atoms with Crippen LogP contribution in [0, 0.1) is 11.3 Å². The predicted octanol–water partition coefficient (Wildman–Crippen LogP) is 2.23. The number of amides is 1. The summed E-state index contributed by atoms with van der Waals surface area (Å²) in [5.41, 5.74) is 0.697. The van der Waals surface area contributed by atoms with Crippen molar-refractivity contribution in [3.05, 3.63) is 41.6 Å². The zero-order valence-electron chi connectivity index (χ0n) is 14.5. The maximum atomic E-state index is 12.0. The average Bonchev–Trinajstić information content (AvgIpc) is 2.62. The molecule has 134 valence electrons. The Balaban J connectivity index is 2.70. The van der Waals surface area contributed by atoms with Gasteiger partial charge in [-0.05, 0) is 32.4 Å². The van der Waals surface area contributed by atoms with E-state index >= 15 is 0 Å². The molecule has 0 saturated carbocycles. The van der Waals surface area contributed by atoms with Gasteiger partial charge in [-0.1, -0.05) is 12.1 Å². The number of nitrogens with one attached hydrogen (secondary N) is 2. The molecule has 0 saturated heterocycles. The van der Waals surface area contributed by atoms with Gasteiger partial charge in [0.25, 0.3) is 5.91 Å². The van der Waals surface area contributed by atoms with Crippen LogP contribution in [-0.4, -0.2) is 38.2 Å². The summed E-state index contributed by atoms with van der Waals surface area (Å²) >= 11 is 0. The zero-order chi connectivity index (χ0) is 18.5. The molecule has 2 N–H and O–H groups in total. The van der Waals surface area contributed by atoms with E-state index in [0.717, 1.165) is 0 Å². The number of carbonyl (C=O) groups excluding carboxylic acids is 2. The Bertz CT molecular complexity index is 650. The number of nitrogens with zero attached hydrogens (tertiary/aromatic N) is 1.